The number of thiophene rings is 1. The lowest BCUT2D eigenvalue weighted by atomic mass is 10.1. The number of rotatable bonds is 1. The Kier molecular flexibility index (Phi) is 3.64. The maximum absolute atomic E-state index is 12.3. The molecule has 0 aromatic carbocycles. The van der Waals surface area contributed by atoms with Gasteiger partial charge in [-0.15, -0.1) is 11.3 Å². The molecule has 3 rings (SSSR count). The maximum atomic E-state index is 12.3. The number of hydrogen-bond acceptors (Lipinski definition) is 4. The number of nitrogens with zero attached hydrogens (tertiary/aromatic N) is 1. The van der Waals surface area contributed by atoms with Crippen molar-refractivity contribution in [1.82, 2.24) is 4.90 Å². The number of fused-ring (bicyclic) bond motifs is 1. The van der Waals surface area contributed by atoms with Crippen LogP contribution in [0.5, 0.6) is 5.75 Å². The minimum Gasteiger partial charge on any atom is -0.490 e. The van der Waals surface area contributed by atoms with Gasteiger partial charge in [0.05, 0.1) is 18.0 Å². The molecule has 21 heavy (non-hydrogen) atoms. The van der Waals surface area contributed by atoms with Crippen molar-refractivity contribution in [3.8, 4) is 5.75 Å². The molecule has 0 atom stereocenters. The molecule has 1 aromatic heterocycles. The molecule has 4 nitrogen and oxygen atoms in total. The van der Waals surface area contributed by atoms with Crippen LogP contribution >= 0.6 is 11.3 Å². The Balaban J connectivity index is 1.80. The molecule has 5 heteroatoms. The third-order valence-corrected chi connectivity index (χ3v) is 4.82. The summed E-state index contributed by atoms with van der Waals surface area (Å²) in [6.07, 6.45) is 2.28. The van der Waals surface area contributed by atoms with Gasteiger partial charge in [-0.05, 0) is 46.5 Å². The van der Waals surface area contributed by atoms with Gasteiger partial charge in [-0.1, -0.05) is 0 Å². The third-order valence-electron chi connectivity index (χ3n) is 3.73. The SMILES string of the molecule is Cc1sc2c(c1C1CC1)OCCN(C(=O)OC(C)(C)C)C2. The number of aryl methyl sites for hydroxylation is 1. The Morgan fingerprint density at radius 1 is 1.38 bits per heavy atom. The van der Waals surface area contributed by atoms with E-state index in [1.54, 1.807) is 16.2 Å². The Labute approximate surface area is 130 Å². The molecule has 2 heterocycles. The second kappa shape index (κ2) is 5.20. The molecule has 1 aliphatic carbocycles. The molecule has 116 valence electrons. The molecule has 0 unspecified atom stereocenters. The fourth-order valence-corrected chi connectivity index (χ4v) is 3.92. The van der Waals surface area contributed by atoms with Crippen LogP contribution in [0.3, 0.4) is 0 Å². The first-order valence-electron chi connectivity index (χ1n) is 7.58. The highest BCUT2D eigenvalue weighted by molar-refractivity contribution is 7.12. The number of carbonyl (C=O) groups is 1. The molecule has 0 saturated heterocycles. The van der Waals surface area contributed by atoms with E-state index in [9.17, 15) is 4.79 Å². The van der Waals surface area contributed by atoms with Crippen molar-refractivity contribution in [1.29, 1.82) is 0 Å². The topological polar surface area (TPSA) is 38.8 Å². The summed E-state index contributed by atoms with van der Waals surface area (Å²) in [5.41, 5.74) is 0.929. The largest absolute Gasteiger partial charge is 0.490 e. The normalized spacial score (nSPS) is 18.8. The van der Waals surface area contributed by atoms with Gasteiger partial charge in [-0.25, -0.2) is 4.79 Å². The molecule has 0 N–H and O–H groups in total. The van der Waals surface area contributed by atoms with Crippen molar-refractivity contribution in [3.05, 3.63) is 15.3 Å². The van der Waals surface area contributed by atoms with Crippen LogP contribution in [0.15, 0.2) is 0 Å². The number of hydrogen-bond donors (Lipinski definition) is 0. The van der Waals surface area contributed by atoms with E-state index in [1.807, 2.05) is 20.8 Å². The maximum Gasteiger partial charge on any atom is 0.410 e. The lowest BCUT2D eigenvalue weighted by Gasteiger charge is -2.25. The van der Waals surface area contributed by atoms with Crippen molar-refractivity contribution in [2.75, 3.05) is 13.2 Å². The summed E-state index contributed by atoms with van der Waals surface area (Å²) in [7, 11) is 0. The fraction of sp³-hybridized carbons (Fsp3) is 0.688. The van der Waals surface area contributed by atoms with E-state index < -0.39 is 5.60 Å². The predicted molar refractivity (Wildman–Crippen MR) is 83.2 cm³/mol. The average Bonchev–Trinajstić information content (AvgIpc) is 3.14. The van der Waals surface area contributed by atoms with Crippen LogP contribution in [0.25, 0.3) is 0 Å². The van der Waals surface area contributed by atoms with E-state index in [1.165, 1.54) is 23.3 Å². The van der Waals surface area contributed by atoms with Gasteiger partial charge in [-0.2, -0.15) is 0 Å². The summed E-state index contributed by atoms with van der Waals surface area (Å²) in [4.78, 5) is 16.5. The zero-order chi connectivity index (χ0) is 15.2. The molecule has 1 aromatic rings. The van der Waals surface area contributed by atoms with E-state index in [0.717, 1.165) is 10.6 Å². The highest BCUT2D eigenvalue weighted by atomic mass is 32.1. The minimum atomic E-state index is -0.461. The van der Waals surface area contributed by atoms with Gasteiger partial charge in [0.1, 0.15) is 18.0 Å². The quantitative estimate of drug-likeness (QED) is 0.785. The first-order chi connectivity index (χ1) is 9.85. The first kappa shape index (κ1) is 14.7. The summed E-state index contributed by atoms with van der Waals surface area (Å²) in [5, 5.41) is 0. The van der Waals surface area contributed by atoms with E-state index in [0.29, 0.717) is 25.6 Å². The fourth-order valence-electron chi connectivity index (χ4n) is 2.70. The lowest BCUT2D eigenvalue weighted by Crippen LogP contribution is -2.37. The summed E-state index contributed by atoms with van der Waals surface area (Å²) in [6, 6.07) is 0. The Morgan fingerprint density at radius 2 is 2.10 bits per heavy atom. The van der Waals surface area contributed by atoms with Gasteiger partial charge in [0.2, 0.25) is 0 Å². The molecule has 0 bridgehead atoms. The summed E-state index contributed by atoms with van der Waals surface area (Å²) in [6.45, 7) is 9.57. The van der Waals surface area contributed by atoms with Crippen molar-refractivity contribution in [2.45, 2.75) is 58.6 Å². The molecule has 1 saturated carbocycles. The van der Waals surface area contributed by atoms with Crippen LogP contribution in [-0.4, -0.2) is 29.7 Å². The van der Waals surface area contributed by atoms with Crippen LogP contribution in [0, 0.1) is 6.92 Å². The molecule has 0 spiro atoms. The third kappa shape index (κ3) is 3.18. The second-order valence-corrected chi connectivity index (χ2v) is 8.16. The van der Waals surface area contributed by atoms with Gasteiger partial charge < -0.3 is 9.47 Å². The molecule has 1 amide bonds. The van der Waals surface area contributed by atoms with E-state index in [4.69, 9.17) is 9.47 Å². The van der Waals surface area contributed by atoms with Crippen LogP contribution in [-0.2, 0) is 11.3 Å². The van der Waals surface area contributed by atoms with Crippen LogP contribution in [0.2, 0.25) is 0 Å². The predicted octanol–water partition coefficient (Wildman–Crippen LogP) is 4.06. The number of amides is 1. The van der Waals surface area contributed by atoms with Gasteiger partial charge in [-0.3, -0.25) is 4.90 Å². The molecular weight excluding hydrogens is 286 g/mol. The van der Waals surface area contributed by atoms with Crippen molar-refractivity contribution >= 4 is 17.4 Å². The Hall–Kier alpha value is -1.23. The number of carbonyl (C=O) groups excluding carboxylic acids is 1. The van der Waals surface area contributed by atoms with Gasteiger partial charge in [0, 0.05) is 10.4 Å². The van der Waals surface area contributed by atoms with Gasteiger partial charge in [0.15, 0.2) is 0 Å². The molecule has 0 radical (unpaired) electrons. The van der Waals surface area contributed by atoms with E-state index in [2.05, 4.69) is 6.92 Å². The Bertz CT molecular complexity index is 555. The van der Waals surface area contributed by atoms with E-state index in [-0.39, 0.29) is 6.09 Å². The summed E-state index contributed by atoms with van der Waals surface area (Å²) in [5.74, 6) is 1.73. The van der Waals surface area contributed by atoms with E-state index >= 15 is 0 Å². The average molecular weight is 309 g/mol. The van der Waals surface area contributed by atoms with Gasteiger partial charge in [0.25, 0.3) is 0 Å². The zero-order valence-corrected chi connectivity index (χ0v) is 14.0. The molecule has 1 fully saturated rings. The second-order valence-electron chi connectivity index (χ2n) is 6.85. The minimum absolute atomic E-state index is 0.252. The van der Waals surface area contributed by atoms with Crippen LogP contribution in [0.1, 0.15) is 54.8 Å². The smallest absolute Gasteiger partial charge is 0.410 e. The van der Waals surface area contributed by atoms with Crippen molar-refractivity contribution < 1.29 is 14.3 Å². The molecule has 2 aliphatic rings. The first-order valence-corrected chi connectivity index (χ1v) is 8.39. The Morgan fingerprint density at radius 3 is 2.71 bits per heavy atom. The summed E-state index contributed by atoms with van der Waals surface area (Å²) < 4.78 is 11.5. The van der Waals surface area contributed by atoms with Crippen LogP contribution in [0.4, 0.5) is 4.79 Å². The highest BCUT2D eigenvalue weighted by Crippen LogP contribution is 2.50. The van der Waals surface area contributed by atoms with Gasteiger partial charge >= 0.3 is 6.09 Å². The highest BCUT2D eigenvalue weighted by Gasteiger charge is 2.34. The number of ether oxygens (including phenoxy) is 2. The zero-order valence-electron chi connectivity index (χ0n) is 13.2. The van der Waals surface area contributed by atoms with Crippen LogP contribution < -0.4 is 4.74 Å². The standard InChI is InChI=1S/C16H23NO3S/c1-10-13(11-5-6-11)14-12(21-10)9-17(7-8-19-14)15(18)20-16(2,3)4/h11H,5-9H2,1-4H3. The molecule has 1 aliphatic heterocycles. The summed E-state index contributed by atoms with van der Waals surface area (Å²) >= 11 is 1.76. The van der Waals surface area contributed by atoms with Crippen molar-refractivity contribution in [3.63, 3.8) is 0 Å². The monoisotopic (exact) mass is 309 g/mol. The lowest BCUT2D eigenvalue weighted by molar-refractivity contribution is 0.0226. The van der Waals surface area contributed by atoms with Crippen molar-refractivity contribution in [2.24, 2.45) is 0 Å². The molecular formula is C16H23NO3S.